The summed E-state index contributed by atoms with van der Waals surface area (Å²) in [6.45, 7) is 5.78. The van der Waals surface area contributed by atoms with E-state index < -0.39 is 11.7 Å². The third-order valence-corrected chi connectivity index (χ3v) is 7.38. The van der Waals surface area contributed by atoms with Crippen molar-refractivity contribution in [1.29, 1.82) is 0 Å². The van der Waals surface area contributed by atoms with Gasteiger partial charge in [0.25, 0.3) is 0 Å². The lowest BCUT2D eigenvalue weighted by atomic mass is 9.78. The smallest absolute Gasteiger partial charge is 0.385 e. The van der Waals surface area contributed by atoms with Crippen LogP contribution in [0, 0.1) is 0 Å². The topological polar surface area (TPSA) is 84.9 Å². The van der Waals surface area contributed by atoms with Gasteiger partial charge >= 0.3 is 6.18 Å². The zero-order valence-electron chi connectivity index (χ0n) is 23.2. The molecule has 4 heterocycles. The second-order valence-corrected chi connectivity index (χ2v) is 10.9. The van der Waals surface area contributed by atoms with Crippen LogP contribution >= 0.6 is 0 Å². The summed E-state index contributed by atoms with van der Waals surface area (Å²) < 4.78 is 47.1. The van der Waals surface area contributed by atoms with Crippen LogP contribution in [0.1, 0.15) is 42.8 Å². The predicted molar refractivity (Wildman–Crippen MR) is 156 cm³/mol. The number of hydrogen-bond donors (Lipinski definition) is 2. The molecular weight excluding hydrogens is 541 g/mol. The summed E-state index contributed by atoms with van der Waals surface area (Å²) in [7, 11) is 0. The van der Waals surface area contributed by atoms with Gasteiger partial charge in [-0.25, -0.2) is 15.0 Å². The molecule has 0 fully saturated rings. The van der Waals surface area contributed by atoms with Crippen LogP contribution in [-0.2, 0) is 29.5 Å². The number of nitrogens with one attached hydrogen (secondary N) is 2. The number of rotatable bonds is 7. The van der Waals surface area contributed by atoms with Crippen molar-refractivity contribution in [3.05, 3.63) is 102 Å². The van der Waals surface area contributed by atoms with Gasteiger partial charge in [-0.15, -0.1) is 0 Å². The average Bonchev–Trinajstić information content (AvgIpc) is 2.97. The first-order valence-corrected chi connectivity index (χ1v) is 13.6. The number of alkyl halides is 3. The van der Waals surface area contributed by atoms with Crippen molar-refractivity contribution in [3.63, 3.8) is 0 Å². The van der Waals surface area contributed by atoms with Gasteiger partial charge in [0.05, 0.1) is 23.3 Å². The van der Waals surface area contributed by atoms with Crippen LogP contribution in [-0.4, -0.2) is 26.5 Å². The largest absolute Gasteiger partial charge is 0.418 e. The maximum atomic E-state index is 13.7. The number of halogens is 3. The van der Waals surface area contributed by atoms with Gasteiger partial charge in [-0.05, 0) is 59.4 Å². The van der Waals surface area contributed by atoms with Gasteiger partial charge < -0.3 is 15.4 Å². The van der Waals surface area contributed by atoms with E-state index in [0.717, 1.165) is 36.0 Å². The summed E-state index contributed by atoms with van der Waals surface area (Å²) in [6.07, 6.45) is -2.22. The highest BCUT2D eigenvalue weighted by molar-refractivity contribution is 5.90. The lowest BCUT2D eigenvalue weighted by Crippen LogP contribution is -2.28. The van der Waals surface area contributed by atoms with Crippen LogP contribution < -0.4 is 10.6 Å². The monoisotopic (exact) mass is 570 g/mol. The summed E-state index contributed by atoms with van der Waals surface area (Å²) in [5, 5.41) is 7.42. The molecule has 2 aromatic carbocycles. The molecule has 0 saturated carbocycles. The van der Waals surface area contributed by atoms with Gasteiger partial charge in [0, 0.05) is 24.1 Å². The van der Waals surface area contributed by atoms with Gasteiger partial charge in [-0.1, -0.05) is 50.2 Å². The van der Waals surface area contributed by atoms with Gasteiger partial charge in [-0.3, -0.25) is 4.98 Å². The summed E-state index contributed by atoms with van der Waals surface area (Å²) in [4.78, 5) is 17.8. The highest BCUT2D eigenvalue weighted by Crippen LogP contribution is 2.39. The van der Waals surface area contributed by atoms with Crippen molar-refractivity contribution in [2.45, 2.75) is 45.1 Å². The predicted octanol–water partition coefficient (Wildman–Crippen LogP) is 7.66. The van der Waals surface area contributed by atoms with E-state index in [0.29, 0.717) is 23.6 Å². The lowest BCUT2D eigenvalue weighted by Gasteiger charge is -2.33. The second kappa shape index (κ2) is 11.0. The van der Waals surface area contributed by atoms with Crippen LogP contribution in [0.25, 0.3) is 22.4 Å². The molecule has 5 aromatic rings. The number of anilines is 3. The molecule has 3 aromatic heterocycles. The van der Waals surface area contributed by atoms with E-state index in [1.54, 1.807) is 6.07 Å². The van der Waals surface area contributed by atoms with E-state index in [1.807, 2.05) is 42.5 Å². The number of aromatic nitrogens is 4. The highest BCUT2D eigenvalue weighted by atomic mass is 19.4. The molecule has 0 spiro atoms. The zero-order chi connectivity index (χ0) is 29.3. The minimum atomic E-state index is -4.58. The molecule has 2 N–H and O–H groups in total. The fourth-order valence-corrected chi connectivity index (χ4v) is 5.16. The quantitative estimate of drug-likeness (QED) is 0.208. The van der Waals surface area contributed by atoms with Gasteiger partial charge in [-0.2, -0.15) is 13.2 Å². The molecule has 6 rings (SSSR count). The first-order chi connectivity index (χ1) is 20.2. The summed E-state index contributed by atoms with van der Waals surface area (Å²) in [6, 6.07) is 21.3. The molecule has 7 nitrogen and oxygen atoms in total. The molecule has 42 heavy (non-hydrogen) atoms. The first-order valence-electron chi connectivity index (χ1n) is 13.6. The molecule has 1 aliphatic heterocycles. The molecule has 1 aliphatic rings. The minimum Gasteiger partial charge on any atom is -0.385 e. The molecule has 0 aliphatic carbocycles. The van der Waals surface area contributed by atoms with Crippen molar-refractivity contribution in [2.75, 3.05) is 17.2 Å². The Hall–Kier alpha value is -4.57. The maximum Gasteiger partial charge on any atom is 0.418 e. The Morgan fingerprint density at radius 1 is 0.929 bits per heavy atom. The van der Waals surface area contributed by atoms with Crippen LogP contribution in [0.5, 0.6) is 0 Å². The lowest BCUT2D eigenvalue weighted by molar-refractivity contribution is -0.137. The molecule has 214 valence electrons. The first kappa shape index (κ1) is 27.6. The van der Waals surface area contributed by atoms with Crippen molar-refractivity contribution < 1.29 is 17.9 Å². The number of nitrogens with zero attached hydrogens (tertiary/aromatic N) is 4. The highest BCUT2D eigenvalue weighted by Gasteiger charge is 2.35. The van der Waals surface area contributed by atoms with E-state index in [1.165, 1.54) is 23.9 Å². The van der Waals surface area contributed by atoms with Crippen LogP contribution in [0.2, 0.25) is 0 Å². The SMILES string of the molecule is CC1(C)CCNc2cc(Nc3nc(COCc4ccccc4)nc4nc(-c5ncccc5C(F)(F)F)ccc34)ccc21. The number of hydrogen-bond acceptors (Lipinski definition) is 7. The number of benzene rings is 2. The summed E-state index contributed by atoms with van der Waals surface area (Å²) in [5.74, 6) is 0.823. The molecule has 0 saturated heterocycles. The molecule has 0 radical (unpaired) electrons. The maximum absolute atomic E-state index is 13.7. The van der Waals surface area contributed by atoms with Gasteiger partial charge in [0.1, 0.15) is 18.1 Å². The van der Waals surface area contributed by atoms with E-state index in [-0.39, 0.29) is 29.1 Å². The van der Waals surface area contributed by atoms with E-state index >= 15 is 0 Å². The Morgan fingerprint density at radius 3 is 2.57 bits per heavy atom. The van der Waals surface area contributed by atoms with Gasteiger partial charge in [0.2, 0.25) is 0 Å². The van der Waals surface area contributed by atoms with Gasteiger partial charge in [0.15, 0.2) is 11.5 Å². The van der Waals surface area contributed by atoms with E-state index in [9.17, 15) is 13.2 Å². The fourth-order valence-electron chi connectivity index (χ4n) is 5.16. The number of fused-ring (bicyclic) bond motifs is 2. The molecular formula is C32H29F3N6O. The summed E-state index contributed by atoms with van der Waals surface area (Å²) >= 11 is 0. The van der Waals surface area contributed by atoms with Crippen molar-refractivity contribution >= 4 is 28.2 Å². The third-order valence-electron chi connectivity index (χ3n) is 7.38. The zero-order valence-corrected chi connectivity index (χ0v) is 23.2. The molecule has 0 amide bonds. The standard InChI is InChI=1S/C32H29F3N6O/c1-31(2)14-16-36-26-17-21(10-12-23(26)31)38-29-22-11-13-25(28-24(32(33,34)35)9-6-15-37-28)39-30(22)41-27(40-29)19-42-18-20-7-4-3-5-8-20/h3-13,15,17,36H,14,16,18-19H2,1-2H3,(H,38,39,40,41). The number of pyridine rings is 2. The van der Waals surface area contributed by atoms with Crippen LogP contribution in [0.3, 0.4) is 0 Å². The number of ether oxygens (including phenoxy) is 1. The van der Waals surface area contributed by atoms with Crippen LogP contribution in [0.4, 0.5) is 30.4 Å². The minimum absolute atomic E-state index is 0.0606. The fraction of sp³-hybridized carbons (Fsp3) is 0.250. The molecule has 0 atom stereocenters. The Bertz CT molecular complexity index is 1740. The molecule has 0 bridgehead atoms. The Balaban J connectivity index is 1.38. The van der Waals surface area contributed by atoms with Crippen molar-refractivity contribution in [1.82, 2.24) is 19.9 Å². The molecule has 0 unspecified atom stereocenters. The Morgan fingerprint density at radius 2 is 1.76 bits per heavy atom. The average molecular weight is 571 g/mol. The third kappa shape index (κ3) is 5.75. The molecule has 10 heteroatoms. The van der Waals surface area contributed by atoms with Crippen molar-refractivity contribution in [2.24, 2.45) is 0 Å². The van der Waals surface area contributed by atoms with Crippen LogP contribution in [0.15, 0.2) is 79.0 Å². The van der Waals surface area contributed by atoms with E-state index in [4.69, 9.17) is 9.72 Å². The van der Waals surface area contributed by atoms with Crippen molar-refractivity contribution in [3.8, 4) is 11.4 Å². The normalized spacial score (nSPS) is 14.3. The van der Waals surface area contributed by atoms with E-state index in [2.05, 4.69) is 45.5 Å². The Labute approximate surface area is 241 Å². The second-order valence-electron chi connectivity index (χ2n) is 10.9. The Kier molecular flexibility index (Phi) is 7.24. The summed E-state index contributed by atoms with van der Waals surface area (Å²) in [5.41, 5.74) is 3.34.